The highest BCUT2D eigenvalue weighted by Crippen LogP contribution is 2.36. The Morgan fingerprint density at radius 2 is 1.91 bits per heavy atom. The fourth-order valence-corrected chi connectivity index (χ4v) is 4.20. The molecule has 0 saturated carbocycles. The van der Waals surface area contributed by atoms with E-state index in [0.717, 1.165) is 16.7 Å². The molecule has 0 fully saturated rings. The molecule has 162 valence electrons. The first-order valence-corrected chi connectivity index (χ1v) is 10.9. The molecule has 2 aromatic heterocycles. The average molecular weight is 448 g/mol. The number of rotatable bonds is 6. The number of tetrazole rings is 1. The summed E-state index contributed by atoms with van der Waals surface area (Å²) in [6.07, 6.45) is 0. The van der Waals surface area contributed by atoms with Crippen molar-refractivity contribution in [3.8, 4) is 22.5 Å². The molecule has 0 aliphatic rings. The van der Waals surface area contributed by atoms with Crippen molar-refractivity contribution in [1.29, 1.82) is 0 Å². The lowest BCUT2D eigenvalue weighted by atomic mass is 10.0. The zero-order chi connectivity index (χ0) is 22.7. The summed E-state index contributed by atoms with van der Waals surface area (Å²) >= 11 is 1.29. The van der Waals surface area contributed by atoms with Crippen LogP contribution in [0.2, 0.25) is 0 Å². The zero-order valence-electron chi connectivity index (χ0n) is 17.8. The van der Waals surface area contributed by atoms with Crippen molar-refractivity contribution in [1.82, 2.24) is 20.2 Å². The molecule has 2 heterocycles. The molecule has 0 aliphatic heterocycles. The maximum Gasteiger partial charge on any atom is 0.341 e. The summed E-state index contributed by atoms with van der Waals surface area (Å²) in [5.41, 5.74) is 4.21. The molecule has 0 radical (unpaired) electrons. The number of nitrogens with zero attached hydrogens (tertiary/aromatic N) is 4. The number of amides is 1. The normalized spacial score (nSPS) is 10.7. The number of esters is 1. The smallest absolute Gasteiger partial charge is 0.341 e. The van der Waals surface area contributed by atoms with E-state index in [1.54, 1.807) is 32.2 Å². The Morgan fingerprint density at radius 3 is 2.59 bits per heavy atom. The molecule has 4 rings (SSSR count). The summed E-state index contributed by atoms with van der Waals surface area (Å²) < 4.78 is 6.80. The fraction of sp³-hybridized carbons (Fsp3) is 0.174. The molecule has 4 aromatic rings. The minimum Gasteiger partial charge on any atom is -0.462 e. The van der Waals surface area contributed by atoms with Gasteiger partial charge in [0.25, 0.3) is 5.91 Å². The van der Waals surface area contributed by atoms with Crippen LogP contribution in [-0.2, 0) is 11.8 Å². The van der Waals surface area contributed by atoms with Gasteiger partial charge in [0.2, 0.25) is 0 Å². The van der Waals surface area contributed by atoms with Crippen LogP contribution in [0.4, 0.5) is 5.00 Å². The van der Waals surface area contributed by atoms with E-state index in [2.05, 4.69) is 20.8 Å². The van der Waals surface area contributed by atoms with Gasteiger partial charge >= 0.3 is 5.97 Å². The van der Waals surface area contributed by atoms with Crippen molar-refractivity contribution < 1.29 is 14.3 Å². The monoisotopic (exact) mass is 447 g/mol. The van der Waals surface area contributed by atoms with E-state index in [1.807, 2.05) is 42.6 Å². The molecule has 1 N–H and O–H groups in total. The molecule has 0 atom stereocenters. The highest BCUT2D eigenvalue weighted by Gasteiger charge is 2.23. The van der Waals surface area contributed by atoms with Gasteiger partial charge in [0.1, 0.15) is 10.6 Å². The van der Waals surface area contributed by atoms with E-state index in [-0.39, 0.29) is 12.5 Å². The van der Waals surface area contributed by atoms with Crippen molar-refractivity contribution in [2.75, 3.05) is 11.9 Å². The fourth-order valence-electron chi connectivity index (χ4n) is 3.25. The number of anilines is 1. The molecule has 32 heavy (non-hydrogen) atoms. The van der Waals surface area contributed by atoms with Gasteiger partial charge in [-0.2, -0.15) is 0 Å². The molecule has 2 aromatic carbocycles. The summed E-state index contributed by atoms with van der Waals surface area (Å²) in [4.78, 5) is 25.8. The number of carbonyl (C=O) groups excluding carboxylic acids is 2. The second-order valence-electron chi connectivity index (χ2n) is 7.10. The summed E-state index contributed by atoms with van der Waals surface area (Å²) in [6.45, 7) is 3.99. The average Bonchev–Trinajstić information content (AvgIpc) is 3.41. The Kier molecular flexibility index (Phi) is 6.09. The maximum absolute atomic E-state index is 13.0. The Balaban J connectivity index is 1.67. The van der Waals surface area contributed by atoms with Crippen molar-refractivity contribution in [3.05, 3.63) is 70.6 Å². The van der Waals surface area contributed by atoms with Crippen LogP contribution in [0, 0.1) is 6.92 Å². The zero-order valence-corrected chi connectivity index (χ0v) is 18.6. The number of nitrogens with one attached hydrogen (secondary N) is 1. The van der Waals surface area contributed by atoms with Crippen LogP contribution in [-0.4, -0.2) is 38.7 Å². The van der Waals surface area contributed by atoms with Gasteiger partial charge in [0, 0.05) is 29.1 Å². The summed E-state index contributed by atoms with van der Waals surface area (Å²) in [7, 11) is 1.73. The predicted octanol–water partition coefficient (Wildman–Crippen LogP) is 4.34. The minimum absolute atomic E-state index is 0.239. The van der Waals surface area contributed by atoms with Crippen LogP contribution in [0.1, 0.15) is 33.2 Å². The Hall–Kier alpha value is -3.85. The topological polar surface area (TPSA) is 99.0 Å². The Morgan fingerprint density at radius 1 is 1.12 bits per heavy atom. The lowest BCUT2D eigenvalue weighted by Crippen LogP contribution is -2.15. The van der Waals surface area contributed by atoms with Crippen LogP contribution < -0.4 is 5.32 Å². The van der Waals surface area contributed by atoms with Crippen molar-refractivity contribution in [2.24, 2.45) is 7.05 Å². The van der Waals surface area contributed by atoms with Crippen molar-refractivity contribution in [3.63, 3.8) is 0 Å². The predicted molar refractivity (Wildman–Crippen MR) is 123 cm³/mol. The molecule has 0 saturated heterocycles. The van der Waals surface area contributed by atoms with E-state index >= 15 is 0 Å². The lowest BCUT2D eigenvalue weighted by Gasteiger charge is -2.09. The number of hydrogen-bond donors (Lipinski definition) is 1. The molecule has 0 bridgehead atoms. The number of aromatic nitrogens is 4. The molecule has 1 amide bonds. The van der Waals surface area contributed by atoms with Gasteiger partial charge in [-0.3, -0.25) is 4.79 Å². The number of benzene rings is 2. The van der Waals surface area contributed by atoms with E-state index in [1.165, 1.54) is 16.0 Å². The maximum atomic E-state index is 13.0. The van der Waals surface area contributed by atoms with E-state index in [4.69, 9.17) is 4.74 Å². The second-order valence-corrected chi connectivity index (χ2v) is 7.98. The molecule has 8 nitrogen and oxygen atoms in total. The lowest BCUT2D eigenvalue weighted by molar-refractivity contribution is 0.0529. The number of thiophene rings is 1. The highest BCUT2D eigenvalue weighted by molar-refractivity contribution is 7.15. The summed E-state index contributed by atoms with van der Waals surface area (Å²) in [6, 6.07) is 14.8. The van der Waals surface area contributed by atoms with Crippen LogP contribution in [0.15, 0.2) is 53.9 Å². The van der Waals surface area contributed by atoms with E-state index in [9.17, 15) is 9.59 Å². The van der Waals surface area contributed by atoms with Gasteiger partial charge in [0.15, 0.2) is 5.82 Å². The number of hydrogen-bond acceptors (Lipinski definition) is 7. The standard InChI is InChI=1S/C23H21N5O3S/c1-4-31-23(30)19-18(15-10-8-14(2)9-11-15)13-32-22(19)24-21(29)17-7-5-6-16(12-17)20-25-26-27-28(20)3/h5-13H,4H2,1-3H3,(H,24,29). The van der Waals surface area contributed by atoms with Gasteiger partial charge in [-0.1, -0.05) is 42.0 Å². The molecule has 0 spiro atoms. The number of carbonyl (C=O) groups is 2. The quantitative estimate of drug-likeness (QED) is 0.442. The first-order valence-electron chi connectivity index (χ1n) is 9.97. The third-order valence-electron chi connectivity index (χ3n) is 4.86. The molecule has 9 heteroatoms. The van der Waals surface area contributed by atoms with Gasteiger partial charge < -0.3 is 10.1 Å². The molecular formula is C23H21N5O3S. The summed E-state index contributed by atoms with van der Waals surface area (Å²) in [5.74, 6) is -0.270. The largest absolute Gasteiger partial charge is 0.462 e. The van der Waals surface area contributed by atoms with Crippen LogP contribution in [0.25, 0.3) is 22.5 Å². The SMILES string of the molecule is CCOC(=O)c1c(-c2ccc(C)cc2)csc1NC(=O)c1cccc(-c2nnnn2C)c1. The van der Waals surface area contributed by atoms with Crippen molar-refractivity contribution in [2.45, 2.75) is 13.8 Å². The third kappa shape index (κ3) is 4.28. The first-order chi connectivity index (χ1) is 15.5. The van der Waals surface area contributed by atoms with Gasteiger partial charge in [-0.15, -0.1) is 16.4 Å². The summed E-state index contributed by atoms with van der Waals surface area (Å²) in [5, 5.41) is 16.6. The van der Waals surface area contributed by atoms with Crippen LogP contribution >= 0.6 is 11.3 Å². The number of ether oxygens (including phenoxy) is 1. The van der Waals surface area contributed by atoms with Crippen LogP contribution in [0.3, 0.4) is 0 Å². The van der Waals surface area contributed by atoms with Gasteiger partial charge in [0.05, 0.1) is 6.61 Å². The van der Waals surface area contributed by atoms with E-state index < -0.39 is 5.97 Å². The molecule has 0 aliphatic carbocycles. The molecule has 0 unspecified atom stereocenters. The first kappa shape index (κ1) is 21.4. The highest BCUT2D eigenvalue weighted by atomic mass is 32.1. The second kappa shape index (κ2) is 9.11. The van der Waals surface area contributed by atoms with Crippen LogP contribution in [0.5, 0.6) is 0 Å². The number of aryl methyl sites for hydroxylation is 2. The third-order valence-corrected chi connectivity index (χ3v) is 5.76. The van der Waals surface area contributed by atoms with E-state index in [0.29, 0.717) is 27.5 Å². The van der Waals surface area contributed by atoms with Crippen molar-refractivity contribution >= 4 is 28.2 Å². The van der Waals surface area contributed by atoms with Gasteiger partial charge in [-0.25, -0.2) is 9.48 Å². The molecular weight excluding hydrogens is 426 g/mol. The minimum atomic E-state index is -0.474. The van der Waals surface area contributed by atoms with Gasteiger partial charge in [-0.05, 0) is 42.0 Å². The Labute approximate surface area is 188 Å². The Bertz CT molecular complexity index is 1280.